The molecule has 0 aromatic heterocycles. The highest BCUT2D eigenvalue weighted by Gasteiger charge is 2.35. The molecule has 0 fully saturated rings. The zero-order chi connectivity index (χ0) is 30.6. The molecule has 0 radical (unpaired) electrons. The van der Waals surface area contributed by atoms with Gasteiger partial charge in [0.1, 0.15) is 31.0 Å². The third kappa shape index (κ3) is 25.4. The van der Waals surface area contributed by atoms with E-state index in [4.69, 9.17) is 5.11 Å². The van der Waals surface area contributed by atoms with Gasteiger partial charge >= 0.3 is 0 Å². The van der Waals surface area contributed by atoms with E-state index in [0.717, 1.165) is 25.9 Å². The van der Waals surface area contributed by atoms with Crippen LogP contribution < -0.4 is 12.4 Å². The Morgan fingerprint density at radius 2 is 0.690 bits per heavy atom. The highest BCUT2D eigenvalue weighted by atomic mass is 35.5. The molecular formula is C35H74ClNO5. The lowest BCUT2D eigenvalue weighted by Gasteiger charge is -2.38. The van der Waals surface area contributed by atoms with E-state index in [2.05, 4.69) is 20.9 Å². The maximum Gasteiger partial charge on any atom is 0.131 e. The third-order valence-electron chi connectivity index (χ3n) is 9.06. The van der Waals surface area contributed by atoms with Gasteiger partial charge in [-0.05, 0) is 25.7 Å². The van der Waals surface area contributed by atoms with E-state index in [-0.39, 0.29) is 12.4 Å². The fourth-order valence-electron chi connectivity index (χ4n) is 6.09. The van der Waals surface area contributed by atoms with Gasteiger partial charge in [-0.2, -0.15) is 0 Å². The molecule has 4 atom stereocenters. The quantitative estimate of drug-likeness (QED) is 0.0569. The Morgan fingerprint density at radius 3 is 0.976 bits per heavy atom. The SMILES string of the molecule is CCCCCCCCCCCCCC[N+](C)(CCCCCCCCCCCCCC)C[C@H](O)[C@@H](O)[C@@H](O)[C@H](O)CO.[Cl-]. The molecule has 42 heavy (non-hydrogen) atoms. The van der Waals surface area contributed by atoms with Gasteiger partial charge in [0.05, 0.1) is 26.7 Å². The van der Waals surface area contributed by atoms with E-state index in [1.807, 2.05) is 0 Å². The molecule has 0 aromatic carbocycles. The van der Waals surface area contributed by atoms with E-state index in [1.165, 1.54) is 141 Å². The zero-order valence-electron chi connectivity index (χ0n) is 28.2. The average Bonchev–Trinajstić information content (AvgIpc) is 2.97. The summed E-state index contributed by atoms with van der Waals surface area (Å²) in [5.41, 5.74) is 0. The van der Waals surface area contributed by atoms with Crippen molar-refractivity contribution in [3.63, 3.8) is 0 Å². The van der Waals surface area contributed by atoms with Gasteiger partial charge in [-0.25, -0.2) is 0 Å². The van der Waals surface area contributed by atoms with Crippen molar-refractivity contribution in [3.8, 4) is 0 Å². The number of quaternary nitrogens is 1. The molecule has 256 valence electrons. The average molecular weight is 624 g/mol. The standard InChI is InChI=1S/C35H74NO5.ClH/c1-4-6-8-10-12-14-16-18-20-22-24-26-28-36(3,30-32(38)34(40)35(41)33(39)31-37)29-27-25-23-21-19-17-15-13-11-9-7-5-2;/h32-35,37-41H,4-31H2,1-3H3;1H/q+1;/p-1/t32-,33+,34+,35-;/m0./s1. The molecule has 0 heterocycles. The summed E-state index contributed by atoms with van der Waals surface area (Å²) >= 11 is 0. The molecule has 0 amide bonds. The van der Waals surface area contributed by atoms with Crippen LogP contribution in [0, 0.1) is 0 Å². The lowest BCUT2D eigenvalue weighted by molar-refractivity contribution is -0.913. The van der Waals surface area contributed by atoms with Gasteiger partial charge in [0, 0.05) is 0 Å². The summed E-state index contributed by atoms with van der Waals surface area (Å²) in [6.07, 6.45) is 25.8. The summed E-state index contributed by atoms with van der Waals surface area (Å²) in [5.74, 6) is 0. The van der Waals surface area contributed by atoms with Gasteiger partial charge in [-0.3, -0.25) is 0 Å². The first kappa shape index (κ1) is 44.2. The van der Waals surface area contributed by atoms with Crippen molar-refractivity contribution >= 4 is 0 Å². The molecule has 0 aliphatic carbocycles. The Hall–Kier alpha value is 0.0500. The van der Waals surface area contributed by atoms with Crippen LogP contribution in [0.1, 0.15) is 168 Å². The predicted octanol–water partition coefficient (Wildman–Crippen LogP) is 4.28. The predicted molar refractivity (Wildman–Crippen MR) is 174 cm³/mol. The second-order valence-electron chi connectivity index (χ2n) is 13.3. The van der Waals surface area contributed by atoms with Gasteiger partial charge in [-0.15, -0.1) is 0 Å². The second-order valence-corrected chi connectivity index (χ2v) is 13.3. The lowest BCUT2D eigenvalue weighted by atomic mass is 10.0. The minimum atomic E-state index is -1.55. The first-order chi connectivity index (χ1) is 19.8. The Labute approximate surface area is 267 Å². The number of hydrogen-bond acceptors (Lipinski definition) is 5. The normalized spacial score (nSPS) is 14.9. The maximum atomic E-state index is 10.7. The van der Waals surface area contributed by atoms with E-state index in [0.29, 0.717) is 11.0 Å². The van der Waals surface area contributed by atoms with Crippen LogP contribution in [0.25, 0.3) is 0 Å². The molecule has 5 N–H and O–H groups in total. The molecule has 0 aromatic rings. The van der Waals surface area contributed by atoms with Gasteiger partial charge in [0.2, 0.25) is 0 Å². The Kier molecular flexibility index (Phi) is 32.7. The summed E-state index contributed by atoms with van der Waals surface area (Å²) < 4.78 is 0.662. The van der Waals surface area contributed by atoms with Crippen LogP contribution >= 0.6 is 0 Å². The molecule has 0 unspecified atom stereocenters. The number of nitrogens with zero attached hydrogens (tertiary/aromatic N) is 1. The fraction of sp³-hybridized carbons (Fsp3) is 1.00. The van der Waals surface area contributed by atoms with Crippen LogP contribution in [0.4, 0.5) is 0 Å². The minimum Gasteiger partial charge on any atom is -1.00 e. The molecule has 0 spiro atoms. The van der Waals surface area contributed by atoms with Crippen molar-refractivity contribution < 1.29 is 42.4 Å². The number of aliphatic hydroxyl groups excluding tert-OH is 5. The van der Waals surface area contributed by atoms with Gasteiger partial charge in [-0.1, -0.05) is 142 Å². The molecule has 7 heteroatoms. The van der Waals surface area contributed by atoms with E-state index < -0.39 is 31.0 Å². The number of halogens is 1. The number of hydrogen-bond donors (Lipinski definition) is 5. The number of rotatable bonds is 32. The fourth-order valence-corrected chi connectivity index (χ4v) is 6.09. The van der Waals surface area contributed by atoms with Gasteiger partial charge in [0.15, 0.2) is 0 Å². The smallest absolute Gasteiger partial charge is 0.131 e. The third-order valence-corrected chi connectivity index (χ3v) is 9.06. The van der Waals surface area contributed by atoms with Crippen LogP contribution in [0.3, 0.4) is 0 Å². The van der Waals surface area contributed by atoms with Gasteiger partial charge in [0.25, 0.3) is 0 Å². The molecule has 0 aliphatic heterocycles. The van der Waals surface area contributed by atoms with E-state index in [9.17, 15) is 20.4 Å². The first-order valence-corrected chi connectivity index (χ1v) is 18.0. The minimum absolute atomic E-state index is 0. The summed E-state index contributed by atoms with van der Waals surface area (Å²) in [5, 5.41) is 50.1. The van der Waals surface area contributed by atoms with Crippen molar-refractivity contribution in [2.24, 2.45) is 0 Å². The van der Waals surface area contributed by atoms with Crippen molar-refractivity contribution in [2.45, 2.75) is 192 Å². The molecule has 0 bridgehead atoms. The molecule has 0 saturated carbocycles. The summed E-state index contributed by atoms with van der Waals surface area (Å²) in [4.78, 5) is 0. The molecule has 6 nitrogen and oxygen atoms in total. The molecule has 0 saturated heterocycles. The van der Waals surface area contributed by atoms with Crippen LogP contribution in [0.15, 0.2) is 0 Å². The monoisotopic (exact) mass is 624 g/mol. The maximum absolute atomic E-state index is 10.7. The highest BCUT2D eigenvalue weighted by molar-refractivity contribution is 4.80. The number of aliphatic hydroxyl groups is 5. The Balaban J connectivity index is 0. The van der Waals surface area contributed by atoms with Crippen LogP contribution in [-0.2, 0) is 0 Å². The Bertz CT molecular complexity index is 514. The van der Waals surface area contributed by atoms with Crippen molar-refractivity contribution in [3.05, 3.63) is 0 Å². The Morgan fingerprint density at radius 1 is 0.429 bits per heavy atom. The van der Waals surface area contributed by atoms with Crippen LogP contribution in [0.5, 0.6) is 0 Å². The van der Waals surface area contributed by atoms with Crippen molar-refractivity contribution in [1.82, 2.24) is 0 Å². The molecule has 0 rings (SSSR count). The topological polar surface area (TPSA) is 101 Å². The van der Waals surface area contributed by atoms with E-state index in [1.54, 1.807) is 0 Å². The summed E-state index contributed by atoms with van der Waals surface area (Å²) in [6, 6.07) is 0. The second kappa shape index (κ2) is 31.0. The molecule has 0 aliphatic rings. The lowest BCUT2D eigenvalue weighted by Crippen LogP contribution is -3.00. The zero-order valence-corrected chi connectivity index (χ0v) is 28.9. The first-order valence-electron chi connectivity index (χ1n) is 18.0. The van der Waals surface area contributed by atoms with Crippen LogP contribution in [-0.4, -0.2) is 87.7 Å². The summed E-state index contributed by atoms with van der Waals surface area (Å²) in [6.45, 7) is 6.11. The number of likely N-dealkylation sites (N-methyl/N-ethyl adjacent to an activating group) is 1. The van der Waals surface area contributed by atoms with Crippen molar-refractivity contribution in [1.29, 1.82) is 0 Å². The number of unbranched alkanes of at least 4 members (excludes halogenated alkanes) is 22. The molecular weight excluding hydrogens is 550 g/mol. The van der Waals surface area contributed by atoms with Crippen LogP contribution in [0.2, 0.25) is 0 Å². The van der Waals surface area contributed by atoms with Crippen molar-refractivity contribution in [2.75, 3.05) is 33.3 Å². The highest BCUT2D eigenvalue weighted by Crippen LogP contribution is 2.18. The van der Waals surface area contributed by atoms with E-state index >= 15 is 0 Å². The summed E-state index contributed by atoms with van der Waals surface area (Å²) in [7, 11) is 2.15. The van der Waals surface area contributed by atoms with Gasteiger partial charge < -0.3 is 42.4 Å². The largest absolute Gasteiger partial charge is 1.00 e.